The molecule has 3 N–H and O–H groups in total. The van der Waals surface area contributed by atoms with E-state index in [1.54, 1.807) is 0 Å². The summed E-state index contributed by atoms with van der Waals surface area (Å²) in [5.74, 6) is 0.996. The average molecular weight is 196 g/mol. The van der Waals surface area contributed by atoms with Crippen LogP contribution in [0.15, 0.2) is 0 Å². The Balaban J connectivity index is 1.72. The lowest BCUT2D eigenvalue weighted by Gasteiger charge is -2.30. The SMILES string of the molecule is CCC(NC1CCC(N)CC1)C1CC1. The Morgan fingerprint density at radius 3 is 2.29 bits per heavy atom. The van der Waals surface area contributed by atoms with Crippen molar-refractivity contribution in [3.8, 4) is 0 Å². The smallest absolute Gasteiger partial charge is 0.00952 e. The van der Waals surface area contributed by atoms with Crippen molar-refractivity contribution in [2.24, 2.45) is 11.7 Å². The Kier molecular flexibility index (Phi) is 3.45. The molecule has 0 aromatic heterocycles. The van der Waals surface area contributed by atoms with Crippen molar-refractivity contribution in [3.63, 3.8) is 0 Å². The molecule has 2 heteroatoms. The van der Waals surface area contributed by atoms with E-state index in [1.165, 1.54) is 44.9 Å². The third kappa shape index (κ3) is 2.71. The van der Waals surface area contributed by atoms with Gasteiger partial charge in [-0.25, -0.2) is 0 Å². The first-order chi connectivity index (χ1) is 6.79. The predicted octanol–water partition coefficient (Wildman–Crippen LogP) is 2.03. The van der Waals surface area contributed by atoms with Crippen molar-refractivity contribution in [3.05, 3.63) is 0 Å². The summed E-state index contributed by atoms with van der Waals surface area (Å²) in [5, 5.41) is 3.83. The summed E-state index contributed by atoms with van der Waals surface area (Å²) < 4.78 is 0. The fourth-order valence-electron chi connectivity index (χ4n) is 2.67. The molecule has 82 valence electrons. The van der Waals surface area contributed by atoms with Crippen LogP contribution in [0.25, 0.3) is 0 Å². The van der Waals surface area contributed by atoms with Crippen LogP contribution in [0, 0.1) is 5.92 Å². The largest absolute Gasteiger partial charge is 0.328 e. The van der Waals surface area contributed by atoms with Crippen LogP contribution in [0.1, 0.15) is 51.9 Å². The van der Waals surface area contributed by atoms with Gasteiger partial charge in [-0.3, -0.25) is 0 Å². The van der Waals surface area contributed by atoms with Crippen LogP contribution < -0.4 is 11.1 Å². The number of hydrogen-bond donors (Lipinski definition) is 2. The standard InChI is InChI=1S/C12H24N2/c1-2-12(9-3-4-9)14-11-7-5-10(13)6-8-11/h9-12,14H,2-8,13H2,1H3. The highest BCUT2D eigenvalue weighted by molar-refractivity contribution is 4.89. The van der Waals surface area contributed by atoms with E-state index in [-0.39, 0.29) is 0 Å². The molecule has 0 amide bonds. The summed E-state index contributed by atoms with van der Waals surface area (Å²) in [5.41, 5.74) is 5.90. The van der Waals surface area contributed by atoms with Crippen molar-refractivity contribution >= 4 is 0 Å². The predicted molar refractivity (Wildman–Crippen MR) is 60.2 cm³/mol. The molecule has 0 aromatic rings. The molecule has 0 radical (unpaired) electrons. The van der Waals surface area contributed by atoms with Gasteiger partial charge in [-0.2, -0.15) is 0 Å². The van der Waals surface area contributed by atoms with Gasteiger partial charge in [0, 0.05) is 18.1 Å². The van der Waals surface area contributed by atoms with E-state index in [1.807, 2.05) is 0 Å². The van der Waals surface area contributed by atoms with Crippen molar-refractivity contribution in [2.75, 3.05) is 0 Å². The van der Waals surface area contributed by atoms with E-state index >= 15 is 0 Å². The molecule has 0 aliphatic heterocycles. The third-order valence-electron chi connectivity index (χ3n) is 3.85. The van der Waals surface area contributed by atoms with E-state index < -0.39 is 0 Å². The zero-order valence-electron chi connectivity index (χ0n) is 9.34. The number of rotatable bonds is 4. The summed E-state index contributed by atoms with van der Waals surface area (Å²) >= 11 is 0. The molecule has 0 spiro atoms. The summed E-state index contributed by atoms with van der Waals surface area (Å²) in [4.78, 5) is 0. The lowest BCUT2D eigenvalue weighted by molar-refractivity contribution is 0.297. The second-order valence-electron chi connectivity index (χ2n) is 5.13. The van der Waals surface area contributed by atoms with Crippen LogP contribution in [0.5, 0.6) is 0 Å². The summed E-state index contributed by atoms with van der Waals surface area (Å²) in [6.45, 7) is 2.31. The minimum atomic E-state index is 0.481. The highest BCUT2D eigenvalue weighted by atomic mass is 15.0. The third-order valence-corrected chi connectivity index (χ3v) is 3.85. The summed E-state index contributed by atoms with van der Waals surface area (Å²) in [6.07, 6.45) is 9.25. The molecule has 0 bridgehead atoms. The Bertz CT molecular complexity index is 169. The zero-order chi connectivity index (χ0) is 9.97. The van der Waals surface area contributed by atoms with E-state index in [0.29, 0.717) is 6.04 Å². The molecule has 2 saturated carbocycles. The molecule has 1 unspecified atom stereocenters. The van der Waals surface area contributed by atoms with Crippen molar-refractivity contribution in [2.45, 2.75) is 70.0 Å². The number of nitrogens with one attached hydrogen (secondary N) is 1. The van der Waals surface area contributed by atoms with Gasteiger partial charge in [0.1, 0.15) is 0 Å². The van der Waals surface area contributed by atoms with E-state index in [4.69, 9.17) is 5.73 Å². The monoisotopic (exact) mass is 196 g/mol. The lowest BCUT2D eigenvalue weighted by Crippen LogP contribution is -2.43. The molecular formula is C12H24N2. The topological polar surface area (TPSA) is 38.0 Å². The average Bonchev–Trinajstić information content (AvgIpc) is 3.01. The molecule has 2 aliphatic carbocycles. The van der Waals surface area contributed by atoms with E-state index in [9.17, 15) is 0 Å². The zero-order valence-corrected chi connectivity index (χ0v) is 9.34. The van der Waals surface area contributed by atoms with Crippen molar-refractivity contribution < 1.29 is 0 Å². The molecule has 0 heterocycles. The molecule has 2 aliphatic rings. The fourth-order valence-corrected chi connectivity index (χ4v) is 2.67. The molecular weight excluding hydrogens is 172 g/mol. The minimum Gasteiger partial charge on any atom is -0.328 e. The van der Waals surface area contributed by atoms with Gasteiger partial charge in [-0.05, 0) is 50.9 Å². The van der Waals surface area contributed by atoms with Crippen molar-refractivity contribution in [1.29, 1.82) is 0 Å². The van der Waals surface area contributed by atoms with Gasteiger partial charge < -0.3 is 11.1 Å². The highest BCUT2D eigenvalue weighted by Gasteiger charge is 2.31. The molecule has 2 fully saturated rings. The molecule has 0 aromatic carbocycles. The number of nitrogens with two attached hydrogens (primary N) is 1. The van der Waals surface area contributed by atoms with Crippen LogP contribution in [-0.4, -0.2) is 18.1 Å². The molecule has 2 rings (SSSR count). The Morgan fingerprint density at radius 2 is 1.79 bits per heavy atom. The summed E-state index contributed by atoms with van der Waals surface area (Å²) in [6, 6.07) is 2.05. The Hall–Kier alpha value is -0.0800. The quantitative estimate of drug-likeness (QED) is 0.722. The maximum Gasteiger partial charge on any atom is 0.00952 e. The van der Waals surface area contributed by atoms with Crippen LogP contribution in [0.2, 0.25) is 0 Å². The Morgan fingerprint density at radius 1 is 1.14 bits per heavy atom. The second-order valence-corrected chi connectivity index (χ2v) is 5.13. The molecule has 14 heavy (non-hydrogen) atoms. The van der Waals surface area contributed by atoms with Gasteiger partial charge in [0.2, 0.25) is 0 Å². The van der Waals surface area contributed by atoms with Gasteiger partial charge >= 0.3 is 0 Å². The lowest BCUT2D eigenvalue weighted by atomic mass is 9.91. The normalized spacial score (nSPS) is 35.6. The van der Waals surface area contributed by atoms with Crippen LogP contribution in [0.4, 0.5) is 0 Å². The van der Waals surface area contributed by atoms with Crippen LogP contribution in [0.3, 0.4) is 0 Å². The van der Waals surface area contributed by atoms with Crippen LogP contribution >= 0.6 is 0 Å². The minimum absolute atomic E-state index is 0.481. The fraction of sp³-hybridized carbons (Fsp3) is 1.00. The van der Waals surface area contributed by atoms with Crippen molar-refractivity contribution in [1.82, 2.24) is 5.32 Å². The van der Waals surface area contributed by atoms with Gasteiger partial charge in [-0.1, -0.05) is 6.92 Å². The molecule has 1 atom stereocenters. The first kappa shape index (κ1) is 10.4. The maximum absolute atomic E-state index is 5.90. The van der Waals surface area contributed by atoms with Crippen LogP contribution in [-0.2, 0) is 0 Å². The first-order valence-corrected chi connectivity index (χ1v) is 6.31. The highest BCUT2D eigenvalue weighted by Crippen LogP contribution is 2.34. The van der Waals surface area contributed by atoms with Gasteiger partial charge in [0.05, 0.1) is 0 Å². The number of hydrogen-bond acceptors (Lipinski definition) is 2. The van der Waals surface area contributed by atoms with Gasteiger partial charge in [-0.15, -0.1) is 0 Å². The van der Waals surface area contributed by atoms with Gasteiger partial charge in [0.25, 0.3) is 0 Å². The van der Waals surface area contributed by atoms with Gasteiger partial charge in [0.15, 0.2) is 0 Å². The first-order valence-electron chi connectivity index (χ1n) is 6.31. The second kappa shape index (κ2) is 4.63. The Labute approximate surface area is 87.6 Å². The molecule has 0 saturated heterocycles. The summed E-state index contributed by atoms with van der Waals surface area (Å²) in [7, 11) is 0. The molecule has 2 nitrogen and oxygen atoms in total. The van der Waals surface area contributed by atoms with E-state index in [2.05, 4.69) is 12.2 Å². The maximum atomic E-state index is 5.90. The van der Waals surface area contributed by atoms with E-state index in [0.717, 1.165) is 18.0 Å².